The molecule has 0 aliphatic carbocycles. The Morgan fingerprint density at radius 2 is 1.85 bits per heavy atom. The molecule has 41 heavy (non-hydrogen) atoms. The van der Waals surface area contributed by atoms with Gasteiger partial charge in [-0.1, -0.05) is 26.0 Å². The lowest BCUT2D eigenvalue weighted by Crippen LogP contribution is -2.58. The van der Waals surface area contributed by atoms with Crippen LogP contribution in [-0.4, -0.2) is 73.1 Å². The van der Waals surface area contributed by atoms with Crippen molar-refractivity contribution in [3.8, 4) is 0 Å². The summed E-state index contributed by atoms with van der Waals surface area (Å²) in [6.45, 7) is 10.2. The van der Waals surface area contributed by atoms with E-state index >= 15 is 0 Å². The van der Waals surface area contributed by atoms with E-state index < -0.39 is 17.8 Å². The number of rotatable bonds is 7. The van der Waals surface area contributed by atoms with E-state index in [4.69, 9.17) is 9.72 Å². The van der Waals surface area contributed by atoms with Crippen molar-refractivity contribution in [1.82, 2.24) is 24.0 Å². The first kappa shape index (κ1) is 29.5. The molecule has 2 aromatic heterocycles. The van der Waals surface area contributed by atoms with Crippen molar-refractivity contribution in [3.63, 3.8) is 0 Å². The number of alkyl halides is 3. The largest absolute Gasteiger partial charge is 0.416 e. The zero-order valence-corrected chi connectivity index (χ0v) is 24.2. The Bertz CT molecular complexity index is 1440. The molecule has 0 saturated carbocycles. The van der Waals surface area contributed by atoms with Crippen molar-refractivity contribution in [2.24, 2.45) is 7.05 Å². The molecule has 0 radical (unpaired) electrons. The number of imidazole rings is 1. The van der Waals surface area contributed by atoms with Gasteiger partial charge in [0, 0.05) is 44.9 Å². The van der Waals surface area contributed by atoms with E-state index in [1.54, 1.807) is 19.2 Å². The predicted molar refractivity (Wildman–Crippen MR) is 150 cm³/mol. The Morgan fingerprint density at radius 1 is 1.15 bits per heavy atom. The molecule has 0 bridgehead atoms. The van der Waals surface area contributed by atoms with E-state index in [0.29, 0.717) is 55.5 Å². The van der Waals surface area contributed by atoms with Crippen molar-refractivity contribution >= 4 is 17.0 Å². The number of hydrogen-bond acceptors (Lipinski definition) is 7. The first-order valence-electron chi connectivity index (χ1n) is 14.4. The predicted octanol–water partition coefficient (Wildman–Crippen LogP) is 4.05. The fourth-order valence-electron chi connectivity index (χ4n) is 6.42. The first-order valence-corrected chi connectivity index (χ1v) is 14.4. The Labute approximate surface area is 237 Å². The van der Waals surface area contributed by atoms with Gasteiger partial charge in [-0.3, -0.25) is 9.47 Å². The fraction of sp³-hybridized carbons (Fsp3) is 0.621. The van der Waals surface area contributed by atoms with Crippen LogP contribution in [0.25, 0.3) is 11.2 Å². The smallest absolute Gasteiger partial charge is 0.390 e. The van der Waals surface area contributed by atoms with E-state index in [2.05, 4.69) is 35.6 Å². The van der Waals surface area contributed by atoms with Crippen LogP contribution < -0.4 is 10.6 Å². The van der Waals surface area contributed by atoms with Crippen LogP contribution in [0.4, 0.5) is 19.0 Å². The lowest BCUT2D eigenvalue weighted by atomic mass is 9.95. The standard InChI is InChI=1S/C29H39F3N6O3/c1-6-21-15-36(17(3)14-38(21)22(7-2)19-8-10-20(11-9-19)29(30,31)32)26-25-27(35(5)28(40)34-26)37(18(4)33-25)16-24-23(39)12-13-41-24/h8-11,17,21-24,39H,6-7,12-16H2,1-5H3/t17-,21+,22+,23-,24+/m0/s1. The number of anilines is 1. The van der Waals surface area contributed by atoms with Gasteiger partial charge in [-0.15, -0.1) is 0 Å². The Kier molecular flexibility index (Phi) is 8.19. The quantitative estimate of drug-likeness (QED) is 0.454. The van der Waals surface area contributed by atoms with Crippen LogP contribution in [-0.2, 0) is 24.5 Å². The second-order valence-corrected chi connectivity index (χ2v) is 11.3. The average molecular weight is 577 g/mol. The van der Waals surface area contributed by atoms with E-state index in [1.807, 2.05) is 11.5 Å². The second-order valence-electron chi connectivity index (χ2n) is 11.3. The molecule has 5 atom stereocenters. The highest BCUT2D eigenvalue weighted by atomic mass is 19.4. The number of aliphatic hydroxyl groups is 1. The highest BCUT2D eigenvalue weighted by Gasteiger charge is 2.38. The van der Waals surface area contributed by atoms with Crippen molar-refractivity contribution in [1.29, 1.82) is 0 Å². The molecule has 0 spiro atoms. The molecule has 0 unspecified atom stereocenters. The number of ether oxygens (including phenoxy) is 1. The number of hydrogen-bond donors (Lipinski definition) is 1. The monoisotopic (exact) mass is 576 g/mol. The molecular formula is C29H39F3N6O3. The van der Waals surface area contributed by atoms with Gasteiger partial charge < -0.3 is 19.3 Å². The van der Waals surface area contributed by atoms with Crippen molar-refractivity contribution in [2.45, 2.75) is 90.0 Å². The number of aryl methyl sites for hydroxylation is 2. The van der Waals surface area contributed by atoms with E-state index in [9.17, 15) is 23.1 Å². The summed E-state index contributed by atoms with van der Waals surface area (Å²) in [5.74, 6) is 1.24. The molecule has 224 valence electrons. The number of aliphatic hydroxyl groups excluding tert-OH is 1. The van der Waals surface area contributed by atoms with Crippen LogP contribution in [0.3, 0.4) is 0 Å². The molecule has 2 aliphatic rings. The van der Waals surface area contributed by atoms with Crippen molar-refractivity contribution in [2.75, 3.05) is 24.6 Å². The maximum atomic E-state index is 13.2. The van der Waals surface area contributed by atoms with Crippen LogP contribution in [0.2, 0.25) is 0 Å². The lowest BCUT2D eigenvalue weighted by Gasteiger charge is -2.48. The SMILES string of the molecule is CC[C@@H]1CN(c2nc(=O)n(C)c3c2nc(C)n3C[C@H]2OCC[C@@H]2O)[C@@H](C)CN1[C@H](CC)c1ccc(C(F)(F)F)cc1. The molecule has 3 aromatic rings. The van der Waals surface area contributed by atoms with Gasteiger partial charge in [0.15, 0.2) is 5.82 Å². The second kappa shape index (κ2) is 11.4. The van der Waals surface area contributed by atoms with Crippen LogP contribution >= 0.6 is 0 Å². The molecule has 4 heterocycles. The Hall–Kier alpha value is -2.96. The summed E-state index contributed by atoms with van der Waals surface area (Å²) in [4.78, 5) is 27.0. The normalized spacial score (nSPS) is 24.9. The summed E-state index contributed by atoms with van der Waals surface area (Å²) in [5.41, 5.74) is 1.09. The third-order valence-electron chi connectivity index (χ3n) is 8.72. The molecule has 0 amide bonds. The van der Waals surface area contributed by atoms with E-state index in [0.717, 1.165) is 30.5 Å². The molecule has 2 saturated heterocycles. The Morgan fingerprint density at radius 3 is 2.44 bits per heavy atom. The number of piperazine rings is 1. The number of benzene rings is 1. The van der Waals surface area contributed by atoms with Gasteiger partial charge in [0.2, 0.25) is 0 Å². The highest BCUT2D eigenvalue weighted by molar-refractivity contribution is 5.84. The summed E-state index contributed by atoms with van der Waals surface area (Å²) in [5, 5.41) is 10.3. The first-order chi connectivity index (χ1) is 19.4. The van der Waals surface area contributed by atoms with Gasteiger partial charge in [0.05, 0.1) is 18.2 Å². The zero-order valence-electron chi connectivity index (χ0n) is 24.2. The molecule has 2 fully saturated rings. The number of halogens is 3. The van der Waals surface area contributed by atoms with Crippen LogP contribution in [0.15, 0.2) is 29.1 Å². The molecule has 12 heteroatoms. The van der Waals surface area contributed by atoms with Crippen molar-refractivity contribution in [3.05, 3.63) is 51.7 Å². The number of fused-ring (bicyclic) bond motifs is 1. The summed E-state index contributed by atoms with van der Waals surface area (Å²) >= 11 is 0. The minimum Gasteiger partial charge on any atom is -0.390 e. The summed E-state index contributed by atoms with van der Waals surface area (Å²) in [7, 11) is 1.68. The van der Waals surface area contributed by atoms with Gasteiger partial charge in [0.25, 0.3) is 0 Å². The maximum Gasteiger partial charge on any atom is 0.416 e. The Balaban J connectivity index is 1.47. The summed E-state index contributed by atoms with van der Waals surface area (Å²) in [6.07, 6.45) is -3.17. The molecule has 1 aromatic carbocycles. The number of aromatic nitrogens is 4. The van der Waals surface area contributed by atoms with Gasteiger partial charge in [-0.25, -0.2) is 9.78 Å². The van der Waals surface area contributed by atoms with E-state index in [-0.39, 0.29) is 29.9 Å². The molecule has 2 aliphatic heterocycles. The van der Waals surface area contributed by atoms with Gasteiger partial charge in [0.1, 0.15) is 23.1 Å². The average Bonchev–Trinajstić information content (AvgIpc) is 3.49. The third-order valence-corrected chi connectivity index (χ3v) is 8.72. The van der Waals surface area contributed by atoms with Crippen molar-refractivity contribution < 1.29 is 23.0 Å². The molecule has 9 nitrogen and oxygen atoms in total. The van der Waals surface area contributed by atoms with Gasteiger partial charge >= 0.3 is 11.9 Å². The minimum atomic E-state index is -4.37. The van der Waals surface area contributed by atoms with Gasteiger partial charge in [-0.05, 0) is 50.8 Å². The number of nitrogens with zero attached hydrogens (tertiary/aromatic N) is 6. The molecule has 1 N–H and O–H groups in total. The third kappa shape index (κ3) is 5.49. The van der Waals surface area contributed by atoms with E-state index in [1.165, 1.54) is 4.57 Å². The van der Waals surface area contributed by atoms with Crippen LogP contribution in [0.5, 0.6) is 0 Å². The molecule has 5 rings (SSSR count). The van der Waals surface area contributed by atoms with Gasteiger partial charge in [-0.2, -0.15) is 18.2 Å². The molecular weight excluding hydrogens is 537 g/mol. The minimum absolute atomic E-state index is 0.0328. The summed E-state index contributed by atoms with van der Waals surface area (Å²) < 4.78 is 48.7. The zero-order chi connectivity index (χ0) is 29.6. The highest BCUT2D eigenvalue weighted by Crippen LogP contribution is 2.36. The summed E-state index contributed by atoms with van der Waals surface area (Å²) in [6, 6.07) is 5.52. The van der Waals surface area contributed by atoms with Crippen LogP contribution in [0.1, 0.15) is 63.0 Å². The van der Waals surface area contributed by atoms with Crippen LogP contribution in [0, 0.1) is 6.92 Å². The topological polar surface area (TPSA) is 88.7 Å². The maximum absolute atomic E-state index is 13.2. The fourth-order valence-corrected chi connectivity index (χ4v) is 6.42. The lowest BCUT2D eigenvalue weighted by molar-refractivity contribution is -0.137.